The van der Waals surface area contributed by atoms with Gasteiger partial charge in [-0.2, -0.15) is 0 Å². The van der Waals surface area contributed by atoms with E-state index in [2.05, 4.69) is 0 Å². The smallest absolute Gasteiger partial charge is 0.269 e. The van der Waals surface area contributed by atoms with E-state index in [0.717, 1.165) is 26.1 Å². The largest absolute Gasteiger partial charge is 0.381 e. The summed E-state index contributed by atoms with van der Waals surface area (Å²) >= 11 is 0. The number of anilines is 1. The van der Waals surface area contributed by atoms with Gasteiger partial charge in [-0.05, 0) is 42.7 Å². The summed E-state index contributed by atoms with van der Waals surface area (Å²) in [6.45, 7) is 1.56. The van der Waals surface area contributed by atoms with Gasteiger partial charge in [-0.15, -0.1) is 0 Å². The van der Waals surface area contributed by atoms with E-state index >= 15 is 0 Å². The Morgan fingerprint density at radius 2 is 1.84 bits per heavy atom. The summed E-state index contributed by atoms with van der Waals surface area (Å²) in [4.78, 5) is 24.4. The molecular formula is C19H20N2O4. The average molecular weight is 340 g/mol. The lowest BCUT2D eigenvalue weighted by Gasteiger charge is -2.23. The molecule has 0 saturated carbocycles. The molecule has 6 nitrogen and oxygen atoms in total. The molecule has 1 fully saturated rings. The molecule has 1 aliphatic rings. The van der Waals surface area contributed by atoms with Crippen molar-refractivity contribution in [2.45, 2.75) is 18.8 Å². The Bertz CT molecular complexity index is 750. The fraction of sp³-hybridized carbons (Fsp3) is 0.316. The van der Waals surface area contributed by atoms with Crippen LogP contribution in [0.3, 0.4) is 0 Å². The lowest BCUT2D eigenvalue weighted by molar-refractivity contribution is -0.384. The highest BCUT2D eigenvalue weighted by molar-refractivity contribution is 6.05. The molecule has 0 radical (unpaired) electrons. The first-order chi connectivity index (χ1) is 12.1. The van der Waals surface area contributed by atoms with Gasteiger partial charge in [0.1, 0.15) is 0 Å². The van der Waals surface area contributed by atoms with Crippen LogP contribution in [-0.4, -0.2) is 31.1 Å². The Kier molecular flexibility index (Phi) is 5.09. The Labute approximate surface area is 146 Å². The summed E-state index contributed by atoms with van der Waals surface area (Å²) in [5.74, 6) is 0.241. The van der Waals surface area contributed by atoms with Crippen molar-refractivity contribution >= 4 is 17.3 Å². The number of non-ortho nitro benzene ring substituents is 1. The third-order valence-corrected chi connectivity index (χ3v) is 4.54. The minimum Gasteiger partial charge on any atom is -0.381 e. The van der Waals surface area contributed by atoms with Crippen LogP contribution < -0.4 is 4.90 Å². The number of carbonyl (C=O) groups excluding carboxylic acids is 1. The van der Waals surface area contributed by atoms with Crippen molar-refractivity contribution in [2.24, 2.45) is 0 Å². The molecule has 0 spiro atoms. The Morgan fingerprint density at radius 1 is 1.16 bits per heavy atom. The highest BCUT2D eigenvalue weighted by Gasteiger charge is 2.18. The quantitative estimate of drug-likeness (QED) is 0.627. The van der Waals surface area contributed by atoms with Crippen molar-refractivity contribution in [1.29, 1.82) is 0 Å². The van der Waals surface area contributed by atoms with Gasteiger partial charge >= 0.3 is 0 Å². The number of hydrogen-bond donors (Lipinski definition) is 0. The molecule has 6 heteroatoms. The second kappa shape index (κ2) is 7.44. The molecule has 3 rings (SSSR count). The molecule has 2 aromatic rings. The average Bonchev–Trinajstić information content (AvgIpc) is 2.67. The maximum Gasteiger partial charge on any atom is 0.269 e. The second-order valence-corrected chi connectivity index (χ2v) is 6.17. The zero-order valence-electron chi connectivity index (χ0n) is 14.1. The van der Waals surface area contributed by atoms with E-state index < -0.39 is 4.92 Å². The third kappa shape index (κ3) is 3.85. The molecule has 1 unspecified atom stereocenters. The van der Waals surface area contributed by atoms with Gasteiger partial charge in [0.05, 0.1) is 11.5 Å². The van der Waals surface area contributed by atoms with Crippen molar-refractivity contribution in [3.8, 4) is 0 Å². The first kappa shape index (κ1) is 17.1. The maximum atomic E-state index is 12.6. The lowest BCUT2D eigenvalue weighted by Crippen LogP contribution is -2.26. The Balaban J connectivity index is 1.72. The minimum absolute atomic E-state index is 0.00338. The molecule has 130 valence electrons. The number of carbonyl (C=O) groups is 1. The lowest BCUT2D eigenvalue weighted by atomic mass is 9.93. The van der Waals surface area contributed by atoms with E-state index in [9.17, 15) is 14.9 Å². The summed E-state index contributed by atoms with van der Waals surface area (Å²) in [5, 5.41) is 10.7. The zero-order valence-corrected chi connectivity index (χ0v) is 14.1. The van der Waals surface area contributed by atoms with Crippen LogP contribution in [0.5, 0.6) is 0 Å². The van der Waals surface area contributed by atoms with Gasteiger partial charge in [0.2, 0.25) is 0 Å². The maximum absolute atomic E-state index is 12.6. The molecule has 0 aromatic heterocycles. The molecule has 1 amide bonds. The summed E-state index contributed by atoms with van der Waals surface area (Å²) in [5.41, 5.74) is 2.39. The van der Waals surface area contributed by atoms with E-state index in [1.165, 1.54) is 22.6 Å². The van der Waals surface area contributed by atoms with Crippen LogP contribution in [0.15, 0.2) is 48.5 Å². The van der Waals surface area contributed by atoms with Crippen LogP contribution in [0.25, 0.3) is 0 Å². The fourth-order valence-electron chi connectivity index (χ4n) is 3.01. The Morgan fingerprint density at radius 3 is 2.40 bits per heavy atom. The predicted octanol–water partition coefficient (Wildman–Crippen LogP) is 3.77. The van der Waals surface area contributed by atoms with Gasteiger partial charge in [0.25, 0.3) is 11.6 Å². The molecule has 2 aromatic carbocycles. The van der Waals surface area contributed by atoms with Crippen molar-refractivity contribution in [3.63, 3.8) is 0 Å². The molecule has 1 heterocycles. The molecule has 1 atom stereocenters. The molecule has 0 N–H and O–H groups in total. The van der Waals surface area contributed by atoms with Crippen molar-refractivity contribution in [3.05, 3.63) is 69.8 Å². The first-order valence-corrected chi connectivity index (χ1v) is 8.26. The molecule has 0 aliphatic carbocycles. The normalized spacial score (nSPS) is 17.1. The Hall–Kier alpha value is -2.73. The number of ether oxygens (including phenoxy) is 1. The van der Waals surface area contributed by atoms with Gasteiger partial charge in [-0.3, -0.25) is 14.9 Å². The van der Waals surface area contributed by atoms with E-state index in [4.69, 9.17) is 4.74 Å². The van der Waals surface area contributed by atoms with E-state index in [1.54, 1.807) is 19.2 Å². The summed E-state index contributed by atoms with van der Waals surface area (Å²) < 4.78 is 5.51. The van der Waals surface area contributed by atoms with Crippen LogP contribution in [-0.2, 0) is 4.74 Å². The molecule has 1 saturated heterocycles. The van der Waals surface area contributed by atoms with Crippen LogP contribution in [0.2, 0.25) is 0 Å². The monoisotopic (exact) mass is 340 g/mol. The van der Waals surface area contributed by atoms with Gasteiger partial charge in [-0.1, -0.05) is 12.1 Å². The van der Waals surface area contributed by atoms with Crippen LogP contribution >= 0.6 is 0 Å². The second-order valence-electron chi connectivity index (χ2n) is 6.17. The summed E-state index contributed by atoms with van der Waals surface area (Å²) in [6.07, 6.45) is 2.17. The van der Waals surface area contributed by atoms with Crippen LogP contribution in [0.4, 0.5) is 11.4 Å². The number of benzene rings is 2. The number of nitro benzene ring substituents is 1. The SMILES string of the molecule is CN(C(=O)c1ccc(C2CCCOC2)cc1)c1ccc([N+](=O)[O-])cc1. The minimum atomic E-state index is -0.459. The highest BCUT2D eigenvalue weighted by Crippen LogP contribution is 2.26. The van der Waals surface area contributed by atoms with Gasteiger partial charge in [-0.25, -0.2) is 0 Å². The van der Waals surface area contributed by atoms with Gasteiger partial charge < -0.3 is 9.64 Å². The van der Waals surface area contributed by atoms with Gasteiger partial charge in [0, 0.05) is 43.0 Å². The fourth-order valence-corrected chi connectivity index (χ4v) is 3.01. The van der Waals surface area contributed by atoms with E-state index in [0.29, 0.717) is 17.2 Å². The summed E-state index contributed by atoms with van der Waals surface area (Å²) in [7, 11) is 1.66. The molecule has 1 aliphatic heterocycles. The van der Waals surface area contributed by atoms with Crippen LogP contribution in [0.1, 0.15) is 34.7 Å². The number of amides is 1. The third-order valence-electron chi connectivity index (χ3n) is 4.54. The van der Waals surface area contributed by atoms with Crippen molar-refractivity contribution in [1.82, 2.24) is 0 Å². The number of hydrogen-bond acceptors (Lipinski definition) is 4. The van der Waals surface area contributed by atoms with Gasteiger partial charge in [0.15, 0.2) is 0 Å². The first-order valence-electron chi connectivity index (χ1n) is 8.26. The molecule has 25 heavy (non-hydrogen) atoms. The van der Waals surface area contributed by atoms with Crippen molar-refractivity contribution in [2.75, 3.05) is 25.2 Å². The topological polar surface area (TPSA) is 72.7 Å². The number of rotatable bonds is 4. The van der Waals surface area contributed by atoms with E-state index in [1.807, 2.05) is 24.3 Å². The summed E-state index contributed by atoms with van der Waals surface area (Å²) in [6, 6.07) is 13.6. The van der Waals surface area contributed by atoms with Crippen LogP contribution in [0, 0.1) is 10.1 Å². The standard InChI is InChI=1S/C19H20N2O4/c1-20(17-8-10-18(11-9-17)21(23)24)19(22)15-6-4-14(5-7-15)16-3-2-12-25-13-16/h4-11,16H,2-3,12-13H2,1H3. The predicted molar refractivity (Wildman–Crippen MR) is 95.1 cm³/mol. The van der Waals surface area contributed by atoms with E-state index in [-0.39, 0.29) is 11.6 Å². The van der Waals surface area contributed by atoms with Crippen molar-refractivity contribution < 1.29 is 14.5 Å². The zero-order chi connectivity index (χ0) is 17.8. The number of nitro groups is 1. The number of nitrogens with zero attached hydrogens (tertiary/aromatic N) is 2. The molecular weight excluding hydrogens is 320 g/mol. The molecule has 0 bridgehead atoms. The highest BCUT2D eigenvalue weighted by atomic mass is 16.6.